The molecule has 0 spiro atoms. The van der Waals surface area contributed by atoms with Gasteiger partial charge in [0, 0.05) is 44.2 Å². The van der Waals surface area contributed by atoms with Crippen LogP contribution in [-0.4, -0.2) is 58.9 Å². The smallest absolute Gasteiger partial charge is 0.270 e. The molecule has 1 aromatic carbocycles. The van der Waals surface area contributed by atoms with E-state index in [1.807, 2.05) is 6.92 Å². The van der Waals surface area contributed by atoms with Gasteiger partial charge in [-0.2, -0.15) is 9.29 Å². The van der Waals surface area contributed by atoms with E-state index in [4.69, 9.17) is 4.52 Å². The quantitative estimate of drug-likeness (QED) is 0.526. The summed E-state index contributed by atoms with van der Waals surface area (Å²) in [7, 11) is -3.78. The Morgan fingerprint density at radius 1 is 1.25 bits per heavy atom. The number of nitro benzene ring substituents is 1. The Kier molecular flexibility index (Phi) is 4.89. The predicted octanol–water partition coefficient (Wildman–Crippen LogP) is 1.92. The first kappa shape index (κ1) is 19.0. The van der Waals surface area contributed by atoms with Gasteiger partial charge < -0.3 is 4.52 Å². The zero-order chi connectivity index (χ0) is 19.9. The summed E-state index contributed by atoms with van der Waals surface area (Å²) in [4.78, 5) is 16.8. The lowest BCUT2D eigenvalue weighted by molar-refractivity contribution is -0.385. The van der Waals surface area contributed by atoms with Gasteiger partial charge in [-0.1, -0.05) is 11.2 Å². The Bertz CT molecular complexity index is 979. The molecule has 10 nitrogen and oxygen atoms in total. The zero-order valence-electron chi connectivity index (χ0n) is 15.4. The van der Waals surface area contributed by atoms with Crippen molar-refractivity contribution in [3.8, 4) is 0 Å². The van der Waals surface area contributed by atoms with Gasteiger partial charge >= 0.3 is 0 Å². The first-order valence-corrected chi connectivity index (χ1v) is 10.6. The Hall–Kier alpha value is -2.37. The first-order valence-electron chi connectivity index (χ1n) is 9.18. The maximum Gasteiger partial charge on any atom is 0.270 e. The largest absolute Gasteiger partial charge is 0.338 e. The molecule has 2 heterocycles. The van der Waals surface area contributed by atoms with Crippen molar-refractivity contribution in [1.82, 2.24) is 19.3 Å². The SMILES string of the molecule is CC(c1nc(C2CC2)no1)N1CCN(S(=O)(=O)c2cccc([N+](=O)[O-])c2)CC1. The fourth-order valence-electron chi connectivity index (χ4n) is 3.32. The molecule has 0 amide bonds. The maximum atomic E-state index is 12.8. The first-order chi connectivity index (χ1) is 13.4. The second kappa shape index (κ2) is 7.22. The van der Waals surface area contributed by atoms with Gasteiger partial charge in [-0.25, -0.2) is 8.42 Å². The van der Waals surface area contributed by atoms with E-state index >= 15 is 0 Å². The summed E-state index contributed by atoms with van der Waals surface area (Å²) in [6, 6.07) is 5.05. The molecule has 11 heteroatoms. The minimum atomic E-state index is -3.78. The fourth-order valence-corrected chi connectivity index (χ4v) is 4.78. The number of piperazine rings is 1. The van der Waals surface area contributed by atoms with Crippen molar-refractivity contribution in [1.29, 1.82) is 0 Å². The molecule has 0 N–H and O–H groups in total. The molecule has 1 aliphatic carbocycles. The molecule has 0 bridgehead atoms. The van der Waals surface area contributed by atoms with E-state index in [-0.39, 0.29) is 16.6 Å². The van der Waals surface area contributed by atoms with Crippen molar-refractivity contribution in [2.24, 2.45) is 0 Å². The van der Waals surface area contributed by atoms with Crippen molar-refractivity contribution >= 4 is 15.7 Å². The Balaban J connectivity index is 1.42. The summed E-state index contributed by atoms with van der Waals surface area (Å²) in [6.07, 6.45) is 2.20. The van der Waals surface area contributed by atoms with Gasteiger partial charge in [0.25, 0.3) is 5.69 Å². The highest BCUT2D eigenvalue weighted by Crippen LogP contribution is 2.38. The topological polar surface area (TPSA) is 123 Å². The molecule has 1 unspecified atom stereocenters. The molecule has 1 aromatic heterocycles. The van der Waals surface area contributed by atoms with Crippen LogP contribution in [0.5, 0.6) is 0 Å². The predicted molar refractivity (Wildman–Crippen MR) is 98.1 cm³/mol. The van der Waals surface area contributed by atoms with Crippen LogP contribution in [-0.2, 0) is 10.0 Å². The maximum absolute atomic E-state index is 12.8. The second-order valence-corrected chi connectivity index (χ2v) is 9.07. The molecule has 150 valence electrons. The fraction of sp³-hybridized carbons (Fsp3) is 0.529. The summed E-state index contributed by atoms with van der Waals surface area (Å²) in [5.41, 5.74) is -0.240. The number of benzene rings is 1. The van der Waals surface area contributed by atoms with Crippen LogP contribution in [0.4, 0.5) is 5.69 Å². The van der Waals surface area contributed by atoms with E-state index in [9.17, 15) is 18.5 Å². The molecule has 4 rings (SSSR count). The van der Waals surface area contributed by atoms with E-state index in [0.717, 1.165) is 24.7 Å². The Labute approximate surface area is 162 Å². The van der Waals surface area contributed by atoms with Gasteiger partial charge in [0.15, 0.2) is 5.82 Å². The molecule has 1 saturated carbocycles. The molecular formula is C17H21N5O5S. The number of nitro groups is 1. The summed E-state index contributed by atoms with van der Waals surface area (Å²) >= 11 is 0. The lowest BCUT2D eigenvalue weighted by atomic mass is 10.2. The van der Waals surface area contributed by atoms with Crippen molar-refractivity contribution in [2.45, 2.75) is 36.6 Å². The van der Waals surface area contributed by atoms with Crippen molar-refractivity contribution in [3.05, 3.63) is 46.1 Å². The second-order valence-electron chi connectivity index (χ2n) is 7.14. The number of sulfonamides is 1. The summed E-state index contributed by atoms with van der Waals surface area (Å²) in [6.45, 7) is 3.57. The minimum absolute atomic E-state index is 0.0609. The van der Waals surface area contributed by atoms with Gasteiger partial charge in [0.05, 0.1) is 15.9 Å². The number of hydrogen-bond donors (Lipinski definition) is 0. The van der Waals surface area contributed by atoms with Crippen molar-refractivity contribution in [2.75, 3.05) is 26.2 Å². The zero-order valence-corrected chi connectivity index (χ0v) is 16.2. The Morgan fingerprint density at radius 2 is 1.96 bits per heavy atom. The minimum Gasteiger partial charge on any atom is -0.338 e. The monoisotopic (exact) mass is 407 g/mol. The van der Waals surface area contributed by atoms with Crippen LogP contribution >= 0.6 is 0 Å². The number of aromatic nitrogens is 2. The standard InChI is InChI=1S/C17H21N5O5S/c1-12(17-18-16(19-27-17)13-5-6-13)20-7-9-21(10-8-20)28(25,26)15-4-2-3-14(11-15)22(23)24/h2-4,11-13H,5-10H2,1H3. The molecule has 28 heavy (non-hydrogen) atoms. The number of rotatable bonds is 6. The number of non-ortho nitro benzene ring substituents is 1. The molecule has 1 atom stereocenters. The van der Waals surface area contributed by atoms with Crippen LogP contribution in [0.15, 0.2) is 33.7 Å². The number of hydrogen-bond acceptors (Lipinski definition) is 8. The summed E-state index contributed by atoms with van der Waals surface area (Å²) in [5, 5.41) is 15.0. The van der Waals surface area contributed by atoms with Gasteiger partial charge in [-0.3, -0.25) is 15.0 Å². The van der Waals surface area contributed by atoms with E-state index in [2.05, 4.69) is 15.0 Å². The van der Waals surface area contributed by atoms with Gasteiger partial charge in [0.1, 0.15) is 0 Å². The molecule has 1 aliphatic heterocycles. The molecular weight excluding hydrogens is 386 g/mol. The van der Waals surface area contributed by atoms with Crippen molar-refractivity contribution < 1.29 is 17.9 Å². The highest BCUT2D eigenvalue weighted by atomic mass is 32.2. The Morgan fingerprint density at radius 3 is 2.61 bits per heavy atom. The van der Waals surface area contributed by atoms with E-state index in [1.165, 1.54) is 22.5 Å². The molecule has 1 saturated heterocycles. The highest BCUT2D eigenvalue weighted by Gasteiger charge is 2.34. The third kappa shape index (κ3) is 3.64. The van der Waals surface area contributed by atoms with E-state index < -0.39 is 14.9 Å². The summed E-state index contributed by atoms with van der Waals surface area (Å²) < 4.78 is 32.4. The third-order valence-electron chi connectivity index (χ3n) is 5.24. The van der Waals surface area contributed by atoms with Crippen LogP contribution in [0.2, 0.25) is 0 Å². The van der Waals surface area contributed by atoms with Crippen LogP contribution in [0.1, 0.15) is 43.4 Å². The molecule has 2 aliphatic rings. The van der Waals surface area contributed by atoms with E-state index in [1.54, 1.807) is 0 Å². The van der Waals surface area contributed by atoms with Crippen LogP contribution in [0, 0.1) is 10.1 Å². The summed E-state index contributed by atoms with van der Waals surface area (Å²) in [5.74, 6) is 1.73. The van der Waals surface area contributed by atoms with Crippen molar-refractivity contribution in [3.63, 3.8) is 0 Å². The average molecular weight is 407 g/mol. The van der Waals surface area contributed by atoms with E-state index in [0.29, 0.717) is 38.0 Å². The average Bonchev–Trinajstić information content (AvgIpc) is 3.44. The van der Waals surface area contributed by atoms with Crippen LogP contribution in [0.25, 0.3) is 0 Å². The van der Waals surface area contributed by atoms with Gasteiger partial charge in [-0.15, -0.1) is 0 Å². The highest BCUT2D eigenvalue weighted by molar-refractivity contribution is 7.89. The molecule has 0 radical (unpaired) electrons. The van der Waals surface area contributed by atoms with Crippen LogP contribution < -0.4 is 0 Å². The normalized spacial score (nSPS) is 20.2. The van der Waals surface area contributed by atoms with Gasteiger partial charge in [-0.05, 0) is 25.8 Å². The molecule has 2 aromatic rings. The lowest BCUT2D eigenvalue weighted by Gasteiger charge is -2.36. The third-order valence-corrected chi connectivity index (χ3v) is 7.14. The van der Waals surface area contributed by atoms with Crippen LogP contribution in [0.3, 0.4) is 0 Å². The molecule has 2 fully saturated rings. The lowest BCUT2D eigenvalue weighted by Crippen LogP contribution is -2.49. The van der Waals surface area contributed by atoms with Gasteiger partial charge in [0.2, 0.25) is 15.9 Å². The number of nitrogens with zero attached hydrogens (tertiary/aromatic N) is 5.